The molecular formula is C91H146O17P2. The number of ether oxygens (including phenoxy) is 4. The van der Waals surface area contributed by atoms with E-state index in [1.54, 1.807) is 0 Å². The average molecular weight is 1570 g/mol. The topological polar surface area (TPSA) is 237 Å². The van der Waals surface area contributed by atoms with E-state index in [0.29, 0.717) is 38.5 Å². The summed E-state index contributed by atoms with van der Waals surface area (Å²) in [5.41, 5.74) is 0. The molecule has 622 valence electrons. The second-order valence-electron chi connectivity index (χ2n) is 27.0. The SMILES string of the molecule is CC/C=C\C/C=C\C/C=C\C/C=C\C/C=C\CCCCCC(=O)O[C@H](COC(=O)CCC/C=C\C/C=C\C/C=C\C/C=C\CCCCC)COP(=O)(O)OC[C@@H](O)COP(=O)(O)OC[C@@H](COC(=O)CCCCCCC/C=C\C/C=C\CCCCC)OC(=O)CC/C=C\C/C=C\C/C=C\C/C=C\C/C=C\CCCCC. The Balaban J connectivity index is 5.57. The second kappa shape index (κ2) is 80.9. The predicted octanol–water partition coefficient (Wildman–Crippen LogP) is 24.9. The molecule has 0 saturated heterocycles. The zero-order valence-electron chi connectivity index (χ0n) is 68.1. The maximum absolute atomic E-state index is 13.1. The second-order valence-corrected chi connectivity index (χ2v) is 29.9. The first-order valence-corrected chi connectivity index (χ1v) is 44.7. The molecule has 0 aliphatic carbocycles. The minimum absolute atomic E-state index is 0.0338. The fraction of sp³-hybridized carbons (Fsp3) is 0.604. The van der Waals surface area contributed by atoms with E-state index < -0.39 is 97.5 Å². The van der Waals surface area contributed by atoms with E-state index in [1.807, 2.05) is 30.4 Å². The number of unbranched alkanes of at least 4 members (excludes halogenated alkanes) is 18. The van der Waals surface area contributed by atoms with E-state index in [0.717, 1.165) is 148 Å². The van der Waals surface area contributed by atoms with Crippen molar-refractivity contribution >= 4 is 39.5 Å². The minimum Gasteiger partial charge on any atom is -0.462 e. The van der Waals surface area contributed by atoms with Gasteiger partial charge in [-0.05, 0) is 180 Å². The molecule has 0 aromatic carbocycles. The molecule has 0 spiro atoms. The van der Waals surface area contributed by atoms with Crippen molar-refractivity contribution in [1.82, 2.24) is 0 Å². The zero-order chi connectivity index (χ0) is 80.3. The van der Waals surface area contributed by atoms with Crippen LogP contribution in [0.15, 0.2) is 194 Å². The summed E-state index contributed by atoms with van der Waals surface area (Å²) in [4.78, 5) is 73.1. The highest BCUT2D eigenvalue weighted by Gasteiger charge is 2.30. The van der Waals surface area contributed by atoms with Gasteiger partial charge in [0.05, 0.1) is 26.4 Å². The number of phosphoric ester groups is 2. The summed E-state index contributed by atoms with van der Waals surface area (Å²) in [6, 6.07) is 0. The van der Waals surface area contributed by atoms with Crippen LogP contribution in [0.3, 0.4) is 0 Å². The quantitative estimate of drug-likeness (QED) is 0.0169. The molecular weight excluding hydrogens is 1430 g/mol. The number of aliphatic hydroxyl groups is 1. The van der Waals surface area contributed by atoms with Crippen LogP contribution in [0.1, 0.15) is 297 Å². The fourth-order valence-electron chi connectivity index (χ4n) is 10.2. The van der Waals surface area contributed by atoms with Crippen molar-refractivity contribution in [3.63, 3.8) is 0 Å². The number of aliphatic hydroxyl groups excluding tert-OH is 1. The summed E-state index contributed by atoms with van der Waals surface area (Å²) in [5, 5.41) is 10.7. The van der Waals surface area contributed by atoms with Crippen molar-refractivity contribution in [2.45, 2.75) is 316 Å². The Morgan fingerprint density at radius 3 is 0.827 bits per heavy atom. The van der Waals surface area contributed by atoms with Crippen LogP contribution in [0.25, 0.3) is 0 Å². The third-order valence-electron chi connectivity index (χ3n) is 16.5. The number of hydrogen-bond donors (Lipinski definition) is 3. The molecule has 0 aromatic rings. The number of rotatable bonds is 76. The van der Waals surface area contributed by atoms with Crippen LogP contribution in [0.2, 0.25) is 0 Å². The first kappa shape index (κ1) is 104. The molecule has 2 unspecified atom stereocenters. The lowest BCUT2D eigenvalue weighted by Gasteiger charge is -2.21. The van der Waals surface area contributed by atoms with Gasteiger partial charge in [-0.15, -0.1) is 0 Å². The summed E-state index contributed by atoms with van der Waals surface area (Å²) < 4.78 is 68.5. The summed E-state index contributed by atoms with van der Waals surface area (Å²) in [6.45, 7) is 4.46. The molecule has 0 saturated carbocycles. The molecule has 19 heteroatoms. The van der Waals surface area contributed by atoms with Crippen molar-refractivity contribution in [1.29, 1.82) is 0 Å². The van der Waals surface area contributed by atoms with E-state index in [1.165, 1.54) is 57.8 Å². The van der Waals surface area contributed by atoms with Crippen molar-refractivity contribution in [2.75, 3.05) is 39.6 Å². The maximum Gasteiger partial charge on any atom is 0.472 e. The van der Waals surface area contributed by atoms with E-state index in [9.17, 15) is 43.2 Å². The van der Waals surface area contributed by atoms with Crippen LogP contribution in [0.5, 0.6) is 0 Å². The van der Waals surface area contributed by atoms with Crippen molar-refractivity contribution in [3.05, 3.63) is 194 Å². The van der Waals surface area contributed by atoms with Gasteiger partial charge in [0.15, 0.2) is 12.2 Å². The van der Waals surface area contributed by atoms with Gasteiger partial charge in [0.1, 0.15) is 19.3 Å². The van der Waals surface area contributed by atoms with E-state index in [4.69, 9.17) is 37.0 Å². The van der Waals surface area contributed by atoms with Gasteiger partial charge < -0.3 is 33.8 Å². The molecule has 0 amide bonds. The Kier molecular flexibility index (Phi) is 76.4. The molecule has 3 N–H and O–H groups in total. The molecule has 110 heavy (non-hydrogen) atoms. The lowest BCUT2D eigenvalue weighted by Crippen LogP contribution is -2.30. The molecule has 0 rings (SSSR count). The van der Waals surface area contributed by atoms with E-state index >= 15 is 0 Å². The third kappa shape index (κ3) is 80.0. The van der Waals surface area contributed by atoms with Crippen LogP contribution < -0.4 is 0 Å². The summed E-state index contributed by atoms with van der Waals surface area (Å²) in [5.74, 6) is -2.41. The number of allylic oxidation sites excluding steroid dienone is 32. The van der Waals surface area contributed by atoms with Crippen molar-refractivity contribution < 1.29 is 80.2 Å². The standard InChI is InChI=1S/C91H146O17P2/c1-5-9-13-17-21-25-29-33-37-40-42-45-49-53-57-61-65-69-73-77-90(95)107-86(81-101-88(93)75-71-67-63-59-55-51-47-36-32-28-24-20-16-12-8-4)83-105-109(97,98)103-79-85(92)80-104-110(99,100)106-84-87(82-102-89(94)76-72-68-64-60-56-52-48-44-39-35-31-27-23-19-15-11-7-3)108-91(96)78-74-70-66-62-58-54-50-46-43-41-38-34-30-26-22-18-14-10-6-2/h10,14,21-28,33-39,42-43,45-48,52-54,57-58,60,64-65,69,85-87,92H,5-9,11-13,15-20,29-32,40-41,44,49-51,55-56,59,61-63,66-68,70-84H2,1-4H3,(H,97,98)(H,99,100)/b14-10-,25-21-,26-22-,27-23-,28-24-,37-33-,38-34-,39-35-,45-42-,46-43-,47-36-,52-48-,57-53-,58-54-,64-60-,69-65-/t85-,86+,87+/m0/s1. The van der Waals surface area contributed by atoms with Gasteiger partial charge in [0, 0.05) is 25.7 Å². The smallest absolute Gasteiger partial charge is 0.462 e. The lowest BCUT2D eigenvalue weighted by atomic mass is 10.1. The summed E-state index contributed by atoms with van der Waals surface area (Å²) in [6.07, 6.45) is 99.9. The molecule has 0 bridgehead atoms. The Morgan fingerprint density at radius 1 is 0.264 bits per heavy atom. The summed E-state index contributed by atoms with van der Waals surface area (Å²) in [7, 11) is -10.0. The van der Waals surface area contributed by atoms with Crippen LogP contribution in [0.4, 0.5) is 0 Å². The Labute approximate surface area is 666 Å². The molecule has 0 heterocycles. The summed E-state index contributed by atoms with van der Waals surface area (Å²) >= 11 is 0. The zero-order valence-corrected chi connectivity index (χ0v) is 69.9. The fourth-order valence-corrected chi connectivity index (χ4v) is 11.8. The predicted molar refractivity (Wildman–Crippen MR) is 454 cm³/mol. The van der Waals surface area contributed by atoms with Gasteiger partial charge in [-0.2, -0.15) is 0 Å². The number of carbonyl (C=O) groups is 4. The monoisotopic (exact) mass is 1570 g/mol. The van der Waals surface area contributed by atoms with Crippen LogP contribution in [0, 0.1) is 0 Å². The lowest BCUT2D eigenvalue weighted by molar-refractivity contribution is -0.161. The molecule has 5 atom stereocenters. The molecule has 0 aliphatic heterocycles. The van der Waals surface area contributed by atoms with E-state index in [-0.39, 0.29) is 25.7 Å². The Morgan fingerprint density at radius 2 is 0.500 bits per heavy atom. The first-order valence-electron chi connectivity index (χ1n) is 41.7. The molecule has 0 radical (unpaired) electrons. The molecule has 0 aliphatic rings. The molecule has 0 aromatic heterocycles. The van der Waals surface area contributed by atoms with Crippen LogP contribution in [-0.4, -0.2) is 96.7 Å². The van der Waals surface area contributed by atoms with Gasteiger partial charge in [-0.3, -0.25) is 37.3 Å². The van der Waals surface area contributed by atoms with Crippen molar-refractivity contribution in [2.24, 2.45) is 0 Å². The molecule has 0 fully saturated rings. The highest BCUT2D eigenvalue weighted by Crippen LogP contribution is 2.45. The third-order valence-corrected chi connectivity index (χ3v) is 18.4. The Hall–Kier alpha value is -6.10. The normalized spacial score (nSPS) is 14.8. The van der Waals surface area contributed by atoms with Gasteiger partial charge in [-0.1, -0.05) is 286 Å². The average Bonchev–Trinajstić information content (AvgIpc) is 0.907. The number of hydrogen-bond acceptors (Lipinski definition) is 15. The van der Waals surface area contributed by atoms with Crippen LogP contribution >= 0.6 is 15.6 Å². The van der Waals surface area contributed by atoms with Crippen LogP contribution in [-0.2, 0) is 65.4 Å². The number of phosphoric acid groups is 2. The van der Waals surface area contributed by atoms with E-state index in [2.05, 4.69) is 192 Å². The largest absolute Gasteiger partial charge is 0.472 e. The number of carbonyl (C=O) groups excluding carboxylic acids is 4. The highest BCUT2D eigenvalue weighted by atomic mass is 31.2. The first-order chi connectivity index (χ1) is 53.7. The molecule has 17 nitrogen and oxygen atoms in total. The minimum atomic E-state index is -5.02. The highest BCUT2D eigenvalue weighted by molar-refractivity contribution is 7.47. The maximum atomic E-state index is 13.1. The Bertz CT molecular complexity index is 2850. The van der Waals surface area contributed by atoms with Gasteiger partial charge in [0.2, 0.25) is 0 Å². The van der Waals surface area contributed by atoms with Gasteiger partial charge in [-0.25, -0.2) is 9.13 Å². The van der Waals surface area contributed by atoms with Gasteiger partial charge >= 0.3 is 39.5 Å². The van der Waals surface area contributed by atoms with Crippen molar-refractivity contribution in [3.8, 4) is 0 Å². The number of esters is 4. The van der Waals surface area contributed by atoms with Gasteiger partial charge in [0.25, 0.3) is 0 Å².